The van der Waals surface area contributed by atoms with Crippen LogP contribution in [0.2, 0.25) is 0 Å². The van der Waals surface area contributed by atoms with Crippen LogP contribution in [-0.4, -0.2) is 49.6 Å². The number of alkyl halides is 3. The number of halogens is 4. The first kappa shape index (κ1) is 25.0. The van der Waals surface area contributed by atoms with Gasteiger partial charge in [-0.25, -0.2) is 17.9 Å². The van der Waals surface area contributed by atoms with Gasteiger partial charge in [-0.15, -0.1) is 0 Å². The summed E-state index contributed by atoms with van der Waals surface area (Å²) >= 11 is 2.92. The van der Waals surface area contributed by atoms with Gasteiger partial charge in [0.05, 0.1) is 21.7 Å². The van der Waals surface area contributed by atoms with Crippen LogP contribution < -0.4 is 10.0 Å². The molecule has 1 saturated heterocycles. The predicted octanol–water partition coefficient (Wildman–Crippen LogP) is 4.14. The molecule has 1 aliphatic heterocycles. The van der Waals surface area contributed by atoms with Crippen molar-refractivity contribution < 1.29 is 36.3 Å². The first-order valence-electron chi connectivity index (χ1n) is 9.66. The monoisotopic (exact) mass is 549 g/mol. The number of hydrogen-bond acceptors (Lipinski definition) is 4. The number of amides is 2. The third-order valence-electron chi connectivity index (χ3n) is 5.04. The van der Waals surface area contributed by atoms with Crippen LogP contribution in [0.15, 0.2) is 51.8 Å². The molecule has 1 fully saturated rings. The molecule has 1 aliphatic rings. The van der Waals surface area contributed by atoms with Gasteiger partial charge in [-0.05, 0) is 43.2 Å². The zero-order valence-corrected chi connectivity index (χ0v) is 19.3. The van der Waals surface area contributed by atoms with E-state index in [1.807, 2.05) is 0 Å². The number of piperidine rings is 1. The number of para-hydroxylation sites is 1. The molecular weight excluding hydrogens is 531 g/mol. The van der Waals surface area contributed by atoms with Crippen LogP contribution in [0.25, 0.3) is 0 Å². The van der Waals surface area contributed by atoms with E-state index in [-0.39, 0.29) is 41.7 Å². The number of likely N-dealkylation sites (tertiary alicyclic amines) is 1. The number of benzene rings is 2. The number of carboxylic acid groups (broad SMARTS) is 1. The number of nitrogens with one attached hydrogen (secondary N) is 2. The maximum absolute atomic E-state index is 13.4. The van der Waals surface area contributed by atoms with Gasteiger partial charge in [0.1, 0.15) is 0 Å². The molecule has 0 spiro atoms. The Balaban J connectivity index is 1.70. The number of nitrogens with zero attached hydrogens (tertiary/aromatic N) is 1. The molecule has 2 amide bonds. The van der Waals surface area contributed by atoms with E-state index in [0.717, 1.165) is 6.07 Å². The van der Waals surface area contributed by atoms with Gasteiger partial charge in [0.25, 0.3) is 5.91 Å². The van der Waals surface area contributed by atoms with Gasteiger partial charge < -0.3 is 10.0 Å². The minimum absolute atomic E-state index is 0.0956. The zero-order valence-electron chi connectivity index (χ0n) is 16.9. The lowest BCUT2D eigenvalue weighted by Gasteiger charge is -2.32. The highest BCUT2D eigenvalue weighted by atomic mass is 79.9. The summed E-state index contributed by atoms with van der Waals surface area (Å²) in [6.45, 7) is 0.278. The van der Waals surface area contributed by atoms with Crippen molar-refractivity contribution in [2.24, 2.45) is 0 Å². The van der Waals surface area contributed by atoms with E-state index in [2.05, 4.69) is 26.0 Å². The number of carbonyl (C=O) groups excluding carboxylic acids is 1. The summed E-state index contributed by atoms with van der Waals surface area (Å²) < 4.78 is 67.8. The van der Waals surface area contributed by atoms with Gasteiger partial charge in [-0.1, -0.05) is 28.1 Å². The summed E-state index contributed by atoms with van der Waals surface area (Å²) in [5.41, 5.74) is -1.02. The van der Waals surface area contributed by atoms with E-state index >= 15 is 0 Å². The fourth-order valence-electron chi connectivity index (χ4n) is 3.51. The minimum atomic E-state index is -4.86. The molecule has 0 unspecified atom stereocenters. The van der Waals surface area contributed by atoms with Crippen molar-refractivity contribution in [2.45, 2.75) is 30.0 Å². The van der Waals surface area contributed by atoms with Crippen molar-refractivity contribution in [3.8, 4) is 0 Å². The molecular formula is C20H19BrF3N3O5S. The molecule has 2 aromatic carbocycles. The van der Waals surface area contributed by atoms with Crippen molar-refractivity contribution in [1.82, 2.24) is 9.62 Å². The van der Waals surface area contributed by atoms with E-state index in [1.165, 1.54) is 23.1 Å². The molecule has 13 heteroatoms. The van der Waals surface area contributed by atoms with Crippen LogP contribution in [0.5, 0.6) is 0 Å². The Bertz CT molecular complexity index is 1170. The minimum Gasteiger partial charge on any atom is -0.465 e. The molecule has 3 N–H and O–H groups in total. The molecule has 0 bridgehead atoms. The molecule has 0 atom stereocenters. The van der Waals surface area contributed by atoms with Crippen LogP contribution in [0.4, 0.5) is 23.7 Å². The van der Waals surface area contributed by atoms with Crippen LogP contribution in [0, 0.1) is 0 Å². The van der Waals surface area contributed by atoms with E-state index in [9.17, 15) is 31.2 Å². The largest absolute Gasteiger partial charge is 0.465 e. The summed E-state index contributed by atoms with van der Waals surface area (Å²) in [6, 6.07) is 8.20. The van der Waals surface area contributed by atoms with E-state index in [1.54, 1.807) is 12.1 Å². The maximum atomic E-state index is 13.4. The normalized spacial score (nSPS) is 15.3. The summed E-state index contributed by atoms with van der Waals surface area (Å²) in [6.07, 6.45) is -5.83. The van der Waals surface area contributed by atoms with Crippen LogP contribution in [0.1, 0.15) is 28.8 Å². The third-order valence-corrected chi connectivity index (χ3v) is 7.11. The Kier molecular flexibility index (Phi) is 7.34. The number of carbonyl (C=O) groups is 2. The average molecular weight is 550 g/mol. The Morgan fingerprint density at radius 1 is 1.09 bits per heavy atom. The summed E-state index contributed by atoms with van der Waals surface area (Å²) in [5.74, 6) is -0.437. The maximum Gasteiger partial charge on any atom is 0.417 e. The molecule has 2 aromatic rings. The molecule has 178 valence electrons. The SMILES string of the molecule is O=C(O)Nc1ccccc1C(=O)N1CCC(NS(=O)(=O)c2ccc(Br)cc2C(F)(F)F)CC1. The Morgan fingerprint density at radius 2 is 1.73 bits per heavy atom. The molecule has 0 aliphatic carbocycles. The molecule has 0 radical (unpaired) electrons. The second kappa shape index (κ2) is 9.69. The lowest BCUT2D eigenvalue weighted by molar-refractivity contribution is -0.139. The molecule has 1 heterocycles. The smallest absolute Gasteiger partial charge is 0.417 e. The van der Waals surface area contributed by atoms with Crippen LogP contribution in [0.3, 0.4) is 0 Å². The Hall–Kier alpha value is -2.64. The first-order valence-corrected chi connectivity index (χ1v) is 11.9. The standard InChI is InChI=1S/C20H19BrF3N3O5S/c21-12-5-6-17(15(11-12)20(22,23)24)33(31,32)26-13-7-9-27(10-8-13)18(28)14-3-1-2-4-16(14)25-19(29)30/h1-6,11,13,25-26H,7-10H2,(H,29,30). The third kappa shape index (κ3) is 6.03. The second-order valence-corrected chi connectivity index (χ2v) is 9.90. The fourth-order valence-corrected chi connectivity index (χ4v) is 5.38. The molecule has 3 rings (SSSR count). The summed E-state index contributed by atoms with van der Waals surface area (Å²) in [7, 11) is -4.47. The van der Waals surface area contributed by atoms with E-state index in [4.69, 9.17) is 5.11 Å². The van der Waals surface area contributed by atoms with Crippen molar-refractivity contribution in [3.63, 3.8) is 0 Å². The highest BCUT2D eigenvalue weighted by molar-refractivity contribution is 9.10. The van der Waals surface area contributed by atoms with Gasteiger partial charge in [-0.2, -0.15) is 13.2 Å². The van der Waals surface area contributed by atoms with Gasteiger partial charge in [0.15, 0.2) is 0 Å². The van der Waals surface area contributed by atoms with Crippen molar-refractivity contribution in [2.75, 3.05) is 18.4 Å². The molecule has 0 saturated carbocycles. The van der Waals surface area contributed by atoms with Crippen molar-refractivity contribution >= 4 is 43.6 Å². The zero-order chi connectivity index (χ0) is 24.4. The lowest BCUT2D eigenvalue weighted by Crippen LogP contribution is -2.46. The molecule has 8 nitrogen and oxygen atoms in total. The quantitative estimate of drug-likeness (QED) is 0.518. The number of rotatable bonds is 5. The van der Waals surface area contributed by atoms with E-state index in [0.29, 0.717) is 6.07 Å². The first-order chi connectivity index (χ1) is 15.4. The highest BCUT2D eigenvalue weighted by Gasteiger charge is 2.38. The van der Waals surface area contributed by atoms with Crippen LogP contribution in [-0.2, 0) is 16.2 Å². The number of anilines is 1. The predicted molar refractivity (Wildman–Crippen MR) is 116 cm³/mol. The van der Waals surface area contributed by atoms with E-state index < -0.39 is 44.7 Å². The summed E-state index contributed by atoms with van der Waals surface area (Å²) in [5, 5.41) is 11.1. The topological polar surface area (TPSA) is 116 Å². The summed E-state index contributed by atoms with van der Waals surface area (Å²) in [4.78, 5) is 24.3. The lowest BCUT2D eigenvalue weighted by atomic mass is 10.0. The van der Waals surface area contributed by atoms with Crippen molar-refractivity contribution in [3.05, 3.63) is 58.1 Å². The average Bonchev–Trinajstić information content (AvgIpc) is 2.72. The number of hydrogen-bond donors (Lipinski definition) is 3. The fraction of sp³-hybridized carbons (Fsp3) is 0.300. The highest BCUT2D eigenvalue weighted by Crippen LogP contribution is 2.36. The van der Waals surface area contributed by atoms with Gasteiger partial charge in [0.2, 0.25) is 10.0 Å². The molecule has 0 aromatic heterocycles. The number of sulfonamides is 1. The molecule has 33 heavy (non-hydrogen) atoms. The van der Waals surface area contributed by atoms with Crippen LogP contribution >= 0.6 is 15.9 Å². The second-order valence-electron chi connectivity index (χ2n) is 7.30. The van der Waals surface area contributed by atoms with Gasteiger partial charge in [-0.3, -0.25) is 10.1 Å². The van der Waals surface area contributed by atoms with Gasteiger partial charge >= 0.3 is 12.3 Å². The Labute approximate surface area is 196 Å². The van der Waals surface area contributed by atoms with Crippen molar-refractivity contribution in [1.29, 1.82) is 0 Å². The van der Waals surface area contributed by atoms with Gasteiger partial charge in [0, 0.05) is 23.6 Å². The Morgan fingerprint density at radius 3 is 2.33 bits per heavy atom.